The molecule has 1 N–H and O–H groups in total. The molecule has 0 aliphatic carbocycles. The Balaban J connectivity index is 1.94. The molecule has 0 saturated heterocycles. The van der Waals surface area contributed by atoms with Crippen molar-refractivity contribution in [2.75, 3.05) is 12.3 Å². The molecule has 0 saturated carbocycles. The summed E-state index contributed by atoms with van der Waals surface area (Å²) in [5, 5.41) is 11.6. The molecule has 2 aromatic carbocycles. The Hall–Kier alpha value is -3.11. The second-order valence-corrected chi connectivity index (χ2v) is 6.20. The van der Waals surface area contributed by atoms with Crippen LogP contribution >= 0.6 is 11.8 Å². The number of carbonyl (C=O) groups is 1. The summed E-state index contributed by atoms with van der Waals surface area (Å²) < 4.78 is 15.1. The van der Waals surface area contributed by atoms with Gasteiger partial charge in [0.15, 0.2) is 11.0 Å². The van der Waals surface area contributed by atoms with E-state index in [9.17, 15) is 9.18 Å². The summed E-state index contributed by atoms with van der Waals surface area (Å²) in [5.41, 5.74) is 1.58. The summed E-state index contributed by atoms with van der Waals surface area (Å²) in [6.45, 7) is 0.180. The van der Waals surface area contributed by atoms with E-state index in [4.69, 9.17) is 6.42 Å². The molecule has 1 aromatic heterocycles. The normalized spacial score (nSPS) is 10.3. The van der Waals surface area contributed by atoms with E-state index in [1.807, 2.05) is 30.3 Å². The van der Waals surface area contributed by atoms with E-state index in [0.717, 1.165) is 5.56 Å². The molecule has 0 aliphatic rings. The highest BCUT2D eigenvalue weighted by atomic mass is 32.2. The van der Waals surface area contributed by atoms with Gasteiger partial charge in [0.05, 0.1) is 12.3 Å². The van der Waals surface area contributed by atoms with Crippen LogP contribution in [0.25, 0.3) is 17.1 Å². The number of benzene rings is 2. The lowest BCUT2D eigenvalue weighted by Gasteiger charge is -2.10. The predicted molar refractivity (Wildman–Crippen MR) is 99.3 cm³/mol. The van der Waals surface area contributed by atoms with Gasteiger partial charge in [0.25, 0.3) is 0 Å². The lowest BCUT2D eigenvalue weighted by Crippen LogP contribution is -2.25. The molecule has 0 atom stereocenters. The third kappa shape index (κ3) is 4.10. The van der Waals surface area contributed by atoms with Crippen molar-refractivity contribution in [3.05, 3.63) is 60.4 Å². The SMILES string of the molecule is C#CCNC(=O)CSc1nnc(-c2ccccc2)n1-c1ccc(F)cc1. The number of hydrogen-bond acceptors (Lipinski definition) is 4. The molecule has 1 amide bonds. The van der Waals surface area contributed by atoms with Gasteiger partial charge < -0.3 is 5.32 Å². The van der Waals surface area contributed by atoms with Gasteiger partial charge >= 0.3 is 0 Å². The Morgan fingerprint density at radius 1 is 1.15 bits per heavy atom. The van der Waals surface area contributed by atoms with Crippen molar-refractivity contribution >= 4 is 17.7 Å². The Bertz CT molecular complexity index is 932. The molecule has 3 rings (SSSR count). The molecular weight excluding hydrogens is 351 g/mol. The monoisotopic (exact) mass is 366 g/mol. The molecule has 0 unspecified atom stereocenters. The minimum atomic E-state index is -0.328. The van der Waals surface area contributed by atoms with Gasteiger partial charge in [-0.3, -0.25) is 9.36 Å². The highest BCUT2D eigenvalue weighted by molar-refractivity contribution is 7.99. The van der Waals surface area contributed by atoms with Gasteiger partial charge in [0.1, 0.15) is 5.82 Å². The van der Waals surface area contributed by atoms with Gasteiger partial charge in [0.2, 0.25) is 5.91 Å². The van der Waals surface area contributed by atoms with Crippen molar-refractivity contribution in [2.45, 2.75) is 5.16 Å². The highest BCUT2D eigenvalue weighted by Gasteiger charge is 2.17. The number of terminal acetylenes is 1. The second kappa shape index (κ2) is 8.32. The van der Waals surface area contributed by atoms with Crippen LogP contribution in [-0.4, -0.2) is 33.0 Å². The maximum absolute atomic E-state index is 13.3. The second-order valence-electron chi connectivity index (χ2n) is 5.25. The van der Waals surface area contributed by atoms with Gasteiger partial charge in [-0.2, -0.15) is 0 Å². The summed E-state index contributed by atoms with van der Waals surface area (Å²) >= 11 is 1.24. The third-order valence-electron chi connectivity index (χ3n) is 3.47. The number of halogens is 1. The number of rotatable bonds is 6. The molecule has 3 aromatic rings. The van der Waals surface area contributed by atoms with Crippen LogP contribution in [0.15, 0.2) is 59.8 Å². The minimum Gasteiger partial charge on any atom is -0.344 e. The lowest BCUT2D eigenvalue weighted by molar-refractivity contribution is -0.118. The first-order valence-corrected chi connectivity index (χ1v) is 8.77. The fourth-order valence-corrected chi connectivity index (χ4v) is 3.07. The van der Waals surface area contributed by atoms with E-state index in [1.54, 1.807) is 16.7 Å². The van der Waals surface area contributed by atoms with Crippen LogP contribution in [0.2, 0.25) is 0 Å². The summed E-state index contributed by atoms with van der Waals surface area (Å²) in [4.78, 5) is 11.8. The van der Waals surface area contributed by atoms with E-state index >= 15 is 0 Å². The molecular formula is C19H15FN4OS. The summed E-state index contributed by atoms with van der Waals surface area (Å²) in [7, 11) is 0. The first-order valence-electron chi connectivity index (χ1n) is 7.79. The number of aromatic nitrogens is 3. The molecule has 0 bridgehead atoms. The maximum Gasteiger partial charge on any atom is 0.231 e. The molecule has 7 heteroatoms. The van der Waals surface area contributed by atoms with Crippen molar-refractivity contribution in [3.63, 3.8) is 0 Å². The van der Waals surface area contributed by atoms with Crippen LogP contribution < -0.4 is 5.32 Å². The Kier molecular flexibility index (Phi) is 5.66. The molecule has 5 nitrogen and oxygen atoms in total. The predicted octanol–water partition coefficient (Wildman–Crippen LogP) is 2.91. The van der Waals surface area contributed by atoms with Crippen molar-refractivity contribution < 1.29 is 9.18 Å². The third-order valence-corrected chi connectivity index (χ3v) is 4.40. The average Bonchev–Trinajstić information content (AvgIpc) is 3.10. The summed E-state index contributed by atoms with van der Waals surface area (Å²) in [6.07, 6.45) is 5.14. The average molecular weight is 366 g/mol. The van der Waals surface area contributed by atoms with Crippen LogP contribution in [0.3, 0.4) is 0 Å². The Morgan fingerprint density at radius 3 is 2.58 bits per heavy atom. The van der Waals surface area contributed by atoms with Crippen LogP contribution in [0.1, 0.15) is 0 Å². The molecule has 0 aliphatic heterocycles. The Labute approximate surface area is 154 Å². The first kappa shape index (κ1) is 17.7. The number of amides is 1. The molecule has 1 heterocycles. The Morgan fingerprint density at radius 2 is 1.88 bits per heavy atom. The topological polar surface area (TPSA) is 59.8 Å². The standard InChI is InChI=1S/C19H15FN4OS/c1-2-12-21-17(25)13-26-19-23-22-18(14-6-4-3-5-7-14)24(19)16-10-8-15(20)9-11-16/h1,3-11H,12-13H2,(H,21,25). The molecule has 0 radical (unpaired) electrons. The molecule has 130 valence electrons. The van der Waals surface area contributed by atoms with Crippen LogP contribution in [0, 0.1) is 18.2 Å². The number of nitrogens with one attached hydrogen (secondary N) is 1. The first-order chi connectivity index (χ1) is 12.7. The molecule has 0 fully saturated rings. The fraction of sp³-hybridized carbons (Fsp3) is 0.105. The van der Waals surface area contributed by atoms with Gasteiger partial charge in [0, 0.05) is 11.3 Å². The van der Waals surface area contributed by atoms with Crippen LogP contribution in [0.4, 0.5) is 4.39 Å². The fourth-order valence-electron chi connectivity index (χ4n) is 2.29. The van der Waals surface area contributed by atoms with Crippen LogP contribution in [0.5, 0.6) is 0 Å². The van der Waals surface area contributed by atoms with Gasteiger partial charge in [-0.15, -0.1) is 16.6 Å². The van der Waals surface area contributed by atoms with Gasteiger partial charge in [-0.05, 0) is 24.3 Å². The minimum absolute atomic E-state index is 0.149. The van der Waals surface area contributed by atoms with E-state index in [0.29, 0.717) is 16.7 Å². The zero-order chi connectivity index (χ0) is 18.4. The van der Waals surface area contributed by atoms with Crippen molar-refractivity contribution in [3.8, 4) is 29.4 Å². The number of carbonyl (C=O) groups excluding carboxylic acids is 1. The van der Waals surface area contributed by atoms with Gasteiger partial charge in [-0.1, -0.05) is 48.0 Å². The quantitative estimate of drug-likeness (QED) is 0.538. The molecule has 0 spiro atoms. The largest absolute Gasteiger partial charge is 0.344 e. The number of hydrogen-bond donors (Lipinski definition) is 1. The lowest BCUT2D eigenvalue weighted by atomic mass is 10.2. The van der Waals surface area contributed by atoms with Crippen LogP contribution in [-0.2, 0) is 4.79 Å². The maximum atomic E-state index is 13.3. The summed E-state index contributed by atoms with van der Waals surface area (Å²) in [6, 6.07) is 15.6. The smallest absolute Gasteiger partial charge is 0.231 e. The van der Waals surface area contributed by atoms with Gasteiger partial charge in [-0.25, -0.2) is 4.39 Å². The number of thioether (sulfide) groups is 1. The van der Waals surface area contributed by atoms with Crippen molar-refractivity contribution in [2.24, 2.45) is 0 Å². The van der Waals surface area contributed by atoms with Crippen molar-refractivity contribution in [1.82, 2.24) is 20.1 Å². The molecule has 26 heavy (non-hydrogen) atoms. The summed E-state index contributed by atoms with van der Waals surface area (Å²) in [5.74, 6) is 2.60. The van der Waals surface area contributed by atoms with E-state index < -0.39 is 0 Å². The number of nitrogens with zero attached hydrogens (tertiary/aromatic N) is 3. The zero-order valence-electron chi connectivity index (χ0n) is 13.7. The van der Waals surface area contributed by atoms with E-state index in [-0.39, 0.29) is 24.0 Å². The zero-order valence-corrected chi connectivity index (χ0v) is 14.5. The highest BCUT2D eigenvalue weighted by Crippen LogP contribution is 2.27. The van der Waals surface area contributed by atoms with Crippen molar-refractivity contribution in [1.29, 1.82) is 0 Å². The van der Waals surface area contributed by atoms with E-state index in [1.165, 1.54) is 23.9 Å². The van der Waals surface area contributed by atoms with E-state index in [2.05, 4.69) is 21.4 Å².